The summed E-state index contributed by atoms with van der Waals surface area (Å²) in [5.74, 6) is 0.625. The number of aromatic nitrogens is 1. The van der Waals surface area contributed by atoms with Crippen LogP contribution in [0.5, 0.6) is 0 Å². The van der Waals surface area contributed by atoms with Gasteiger partial charge in [0.1, 0.15) is 5.52 Å². The highest BCUT2D eigenvalue weighted by Gasteiger charge is 2.13. The first-order chi connectivity index (χ1) is 8.13. The number of rotatable bonds is 4. The van der Waals surface area contributed by atoms with Crippen molar-refractivity contribution >= 4 is 32.9 Å². The normalized spacial score (nSPS) is 14.8. The molecule has 3 nitrogen and oxygen atoms in total. The number of thiazole rings is 1. The number of benzene rings is 1. The van der Waals surface area contributed by atoms with Gasteiger partial charge in [-0.15, -0.1) is 11.3 Å². The predicted molar refractivity (Wildman–Crippen MR) is 76.6 cm³/mol. The number of hydrogen-bond acceptors (Lipinski definition) is 4. The Morgan fingerprint density at radius 1 is 1.41 bits per heavy atom. The van der Waals surface area contributed by atoms with Crippen LogP contribution >= 0.6 is 11.3 Å². The minimum absolute atomic E-state index is 0.415. The number of nitrogens with two attached hydrogens (primary N) is 1. The maximum atomic E-state index is 6.13. The van der Waals surface area contributed by atoms with Crippen molar-refractivity contribution in [3.63, 3.8) is 0 Å². The van der Waals surface area contributed by atoms with Crippen molar-refractivity contribution in [2.24, 2.45) is 5.92 Å². The van der Waals surface area contributed by atoms with Gasteiger partial charge in [0.2, 0.25) is 0 Å². The Morgan fingerprint density at radius 3 is 2.88 bits per heavy atom. The first kappa shape index (κ1) is 12.2. The summed E-state index contributed by atoms with van der Waals surface area (Å²) in [6.45, 7) is 6.64. The van der Waals surface area contributed by atoms with Gasteiger partial charge in [0.05, 0.1) is 21.6 Å². The molecule has 2 rings (SSSR count). The first-order valence-electron chi connectivity index (χ1n) is 6.01. The van der Waals surface area contributed by atoms with Gasteiger partial charge in [-0.05, 0) is 25.0 Å². The van der Waals surface area contributed by atoms with Crippen LogP contribution in [0.4, 0.5) is 11.4 Å². The second kappa shape index (κ2) is 4.92. The van der Waals surface area contributed by atoms with Crippen LogP contribution in [0.25, 0.3) is 10.2 Å². The molecule has 0 radical (unpaired) electrons. The van der Waals surface area contributed by atoms with E-state index in [1.807, 2.05) is 5.51 Å². The molecule has 1 heterocycles. The van der Waals surface area contributed by atoms with Crippen LogP contribution in [-0.2, 0) is 0 Å². The van der Waals surface area contributed by atoms with Crippen LogP contribution in [0.15, 0.2) is 17.6 Å². The molecule has 0 bridgehead atoms. The van der Waals surface area contributed by atoms with Gasteiger partial charge in [0.25, 0.3) is 0 Å². The van der Waals surface area contributed by atoms with E-state index >= 15 is 0 Å². The third-order valence-corrected chi connectivity index (χ3v) is 4.22. The van der Waals surface area contributed by atoms with E-state index in [1.54, 1.807) is 11.3 Å². The lowest BCUT2D eigenvalue weighted by molar-refractivity contribution is 0.495. The average Bonchev–Trinajstić information content (AvgIpc) is 2.80. The molecular weight excluding hydrogens is 230 g/mol. The molecular formula is C13H19N3S. The Kier molecular flexibility index (Phi) is 3.52. The summed E-state index contributed by atoms with van der Waals surface area (Å²) in [5.41, 5.74) is 10.6. The molecule has 0 aliphatic rings. The van der Waals surface area contributed by atoms with Crippen LogP contribution in [0.3, 0.4) is 0 Å². The molecule has 4 heteroatoms. The fourth-order valence-corrected chi connectivity index (χ4v) is 2.51. The summed E-state index contributed by atoms with van der Waals surface area (Å²) < 4.78 is 1.14. The molecule has 0 spiro atoms. The molecule has 3 N–H and O–H groups in total. The van der Waals surface area contributed by atoms with E-state index in [0.717, 1.165) is 28.0 Å². The molecule has 0 saturated carbocycles. The fourth-order valence-electron chi connectivity index (χ4n) is 1.82. The van der Waals surface area contributed by atoms with Crippen molar-refractivity contribution in [2.45, 2.75) is 33.2 Å². The van der Waals surface area contributed by atoms with Gasteiger partial charge in [0, 0.05) is 6.04 Å². The largest absolute Gasteiger partial charge is 0.395 e. The van der Waals surface area contributed by atoms with Crippen molar-refractivity contribution < 1.29 is 0 Å². The van der Waals surface area contributed by atoms with E-state index in [4.69, 9.17) is 5.73 Å². The monoisotopic (exact) mass is 249 g/mol. The second-order valence-electron chi connectivity index (χ2n) is 4.54. The topological polar surface area (TPSA) is 50.9 Å². The molecule has 0 saturated heterocycles. The minimum atomic E-state index is 0.415. The molecule has 1 aromatic heterocycles. The van der Waals surface area contributed by atoms with Crippen molar-refractivity contribution in [3.8, 4) is 0 Å². The van der Waals surface area contributed by atoms with Crippen molar-refractivity contribution in [1.82, 2.24) is 4.98 Å². The van der Waals surface area contributed by atoms with Gasteiger partial charge < -0.3 is 11.1 Å². The Bertz CT molecular complexity index is 506. The third kappa shape index (κ3) is 2.36. The predicted octanol–water partition coefficient (Wildman–Crippen LogP) is 3.73. The summed E-state index contributed by atoms with van der Waals surface area (Å²) in [6, 6.07) is 4.54. The molecule has 0 aliphatic carbocycles. The quantitative estimate of drug-likeness (QED) is 0.812. The lowest BCUT2D eigenvalue weighted by atomic mass is 10.0. The molecule has 92 valence electrons. The number of nitrogens with zero attached hydrogens (tertiary/aromatic N) is 1. The molecule has 2 unspecified atom stereocenters. The van der Waals surface area contributed by atoms with Gasteiger partial charge >= 0.3 is 0 Å². The van der Waals surface area contributed by atoms with Crippen molar-refractivity contribution in [1.29, 1.82) is 0 Å². The highest BCUT2D eigenvalue weighted by molar-refractivity contribution is 7.16. The zero-order chi connectivity index (χ0) is 12.4. The van der Waals surface area contributed by atoms with E-state index in [9.17, 15) is 0 Å². The van der Waals surface area contributed by atoms with Gasteiger partial charge in [-0.3, -0.25) is 0 Å². The van der Waals surface area contributed by atoms with E-state index in [1.165, 1.54) is 0 Å². The van der Waals surface area contributed by atoms with E-state index in [2.05, 4.69) is 43.2 Å². The lowest BCUT2D eigenvalue weighted by Crippen LogP contribution is -2.23. The second-order valence-corrected chi connectivity index (χ2v) is 5.43. The van der Waals surface area contributed by atoms with Gasteiger partial charge in [-0.2, -0.15) is 0 Å². The highest BCUT2D eigenvalue weighted by atomic mass is 32.1. The Morgan fingerprint density at radius 2 is 2.18 bits per heavy atom. The van der Waals surface area contributed by atoms with Crippen LogP contribution in [-0.4, -0.2) is 11.0 Å². The minimum Gasteiger partial charge on any atom is -0.395 e. The van der Waals surface area contributed by atoms with Crippen molar-refractivity contribution in [2.75, 3.05) is 11.1 Å². The zero-order valence-electron chi connectivity index (χ0n) is 10.5. The maximum Gasteiger partial charge on any atom is 0.106 e. The average molecular weight is 249 g/mol. The molecule has 0 aliphatic heterocycles. The molecule has 0 amide bonds. The van der Waals surface area contributed by atoms with Crippen LogP contribution in [0.1, 0.15) is 27.2 Å². The van der Waals surface area contributed by atoms with Gasteiger partial charge in [-0.1, -0.05) is 20.3 Å². The van der Waals surface area contributed by atoms with Crippen LogP contribution < -0.4 is 11.1 Å². The summed E-state index contributed by atoms with van der Waals surface area (Å²) >= 11 is 1.62. The molecule has 2 aromatic rings. The van der Waals surface area contributed by atoms with E-state index in [0.29, 0.717) is 12.0 Å². The van der Waals surface area contributed by atoms with Crippen LogP contribution in [0, 0.1) is 5.92 Å². The third-order valence-electron chi connectivity index (χ3n) is 3.42. The summed E-state index contributed by atoms with van der Waals surface area (Å²) in [4.78, 5) is 4.30. The summed E-state index contributed by atoms with van der Waals surface area (Å²) in [5, 5.41) is 3.48. The Hall–Kier alpha value is -1.29. The van der Waals surface area contributed by atoms with Crippen molar-refractivity contribution in [3.05, 3.63) is 17.6 Å². The number of hydrogen-bond donors (Lipinski definition) is 2. The molecule has 1 aromatic carbocycles. The van der Waals surface area contributed by atoms with E-state index < -0.39 is 0 Å². The van der Waals surface area contributed by atoms with E-state index in [-0.39, 0.29) is 0 Å². The highest BCUT2D eigenvalue weighted by Crippen LogP contribution is 2.31. The summed E-state index contributed by atoms with van der Waals surface area (Å²) in [6.07, 6.45) is 1.16. The lowest BCUT2D eigenvalue weighted by Gasteiger charge is -2.22. The maximum absolute atomic E-state index is 6.13. The number of nitrogens with one attached hydrogen (secondary N) is 1. The smallest absolute Gasteiger partial charge is 0.106 e. The zero-order valence-corrected chi connectivity index (χ0v) is 11.3. The molecule has 2 atom stereocenters. The number of fused-ring (bicyclic) bond motifs is 1. The van der Waals surface area contributed by atoms with Gasteiger partial charge in [0.15, 0.2) is 0 Å². The first-order valence-corrected chi connectivity index (χ1v) is 6.89. The standard InChI is InChI=1S/C13H19N3S/c1-4-8(2)9(3)16-10-5-6-11-13(12(10)14)15-7-17-11/h5-9,16H,4,14H2,1-3H3. The molecule has 17 heavy (non-hydrogen) atoms. The summed E-state index contributed by atoms with van der Waals surface area (Å²) in [7, 11) is 0. The van der Waals surface area contributed by atoms with Gasteiger partial charge in [-0.25, -0.2) is 4.98 Å². The molecule has 0 fully saturated rings. The number of nitrogen functional groups attached to an aromatic ring is 1. The fraction of sp³-hybridized carbons (Fsp3) is 0.462. The Balaban J connectivity index is 2.27. The van der Waals surface area contributed by atoms with Crippen LogP contribution in [0.2, 0.25) is 0 Å². The Labute approximate surface area is 106 Å². The SMILES string of the molecule is CCC(C)C(C)Nc1ccc2scnc2c1N. The number of anilines is 2.